The molecule has 0 fully saturated rings. The summed E-state index contributed by atoms with van der Waals surface area (Å²) in [4.78, 5) is 0. The molecule has 0 radical (unpaired) electrons. The monoisotopic (exact) mass is 146 g/mol. The molecule has 0 heterocycles. The fourth-order valence-electron chi connectivity index (χ4n) is 0.254. The summed E-state index contributed by atoms with van der Waals surface area (Å²) in [5, 5.41) is 0. The Bertz CT molecular complexity index is 60.8. The SMILES string of the molecule is CC(C)[O][Al+][O]C(C)C.[H-]. The molecule has 2 nitrogen and oxygen atoms in total. The molecule has 0 bridgehead atoms. The molecule has 0 spiro atoms. The van der Waals surface area contributed by atoms with Crippen molar-refractivity contribution >= 4 is 15.9 Å². The molecule has 0 aromatic heterocycles. The summed E-state index contributed by atoms with van der Waals surface area (Å²) in [5.74, 6) is 0. The molecule has 0 unspecified atom stereocenters. The number of rotatable bonds is 4. The van der Waals surface area contributed by atoms with Crippen molar-refractivity contribution in [3.63, 3.8) is 0 Å². The summed E-state index contributed by atoms with van der Waals surface area (Å²) >= 11 is -0.245. The molecule has 0 atom stereocenters. The van der Waals surface area contributed by atoms with Crippen molar-refractivity contribution in [3.05, 3.63) is 0 Å². The van der Waals surface area contributed by atoms with Crippen molar-refractivity contribution in [2.75, 3.05) is 0 Å². The van der Waals surface area contributed by atoms with E-state index in [1.807, 2.05) is 27.7 Å². The summed E-state index contributed by atoms with van der Waals surface area (Å²) in [6.45, 7) is 8.04. The van der Waals surface area contributed by atoms with Gasteiger partial charge in [-0.3, -0.25) is 0 Å². The van der Waals surface area contributed by atoms with Crippen molar-refractivity contribution in [2.24, 2.45) is 0 Å². The second-order valence-corrected chi connectivity index (χ2v) is 3.20. The summed E-state index contributed by atoms with van der Waals surface area (Å²) in [6, 6.07) is 0. The van der Waals surface area contributed by atoms with E-state index < -0.39 is 0 Å². The molecule has 0 aromatic carbocycles. The maximum Gasteiger partial charge on any atom is -1.00 e. The third kappa shape index (κ3) is 8.45. The van der Waals surface area contributed by atoms with Crippen molar-refractivity contribution < 1.29 is 9.00 Å². The molecule has 0 aliphatic rings. The van der Waals surface area contributed by atoms with E-state index in [9.17, 15) is 0 Å². The molecule has 0 saturated heterocycles. The Morgan fingerprint density at radius 1 is 1.00 bits per heavy atom. The largest absolute Gasteiger partial charge is 1.00 e. The first kappa shape index (κ1) is 9.45. The van der Waals surface area contributed by atoms with Crippen LogP contribution in [-0.2, 0) is 7.58 Å². The first-order valence-corrected chi connectivity index (χ1v) is 4.20. The van der Waals surface area contributed by atoms with Crippen LogP contribution in [0.1, 0.15) is 29.1 Å². The Kier molecular flexibility index (Phi) is 5.52. The van der Waals surface area contributed by atoms with E-state index in [0.29, 0.717) is 12.2 Å². The quantitative estimate of drug-likeness (QED) is 0.559. The first-order chi connectivity index (χ1) is 4.13. The van der Waals surface area contributed by atoms with Crippen LogP contribution in [0.2, 0.25) is 0 Å². The van der Waals surface area contributed by atoms with Gasteiger partial charge in [0.15, 0.2) is 0 Å². The number of hydrogen-bond acceptors (Lipinski definition) is 2. The second kappa shape index (κ2) is 5.25. The maximum atomic E-state index is 5.21. The van der Waals surface area contributed by atoms with Gasteiger partial charge in [0.25, 0.3) is 0 Å². The zero-order valence-corrected chi connectivity index (χ0v) is 7.70. The molecule has 0 rings (SSSR count). The minimum absolute atomic E-state index is 0. The fourth-order valence-corrected chi connectivity index (χ4v) is 0.763. The van der Waals surface area contributed by atoms with Gasteiger partial charge in [-0.2, -0.15) is 0 Å². The van der Waals surface area contributed by atoms with Gasteiger partial charge in [-0.1, -0.05) is 0 Å². The van der Waals surface area contributed by atoms with Gasteiger partial charge in [0.05, 0.1) is 0 Å². The summed E-state index contributed by atoms with van der Waals surface area (Å²) in [5.41, 5.74) is 0. The van der Waals surface area contributed by atoms with E-state index in [1.54, 1.807) is 0 Å². The van der Waals surface area contributed by atoms with Crippen LogP contribution >= 0.6 is 0 Å². The Morgan fingerprint density at radius 2 is 1.33 bits per heavy atom. The molecule has 0 aliphatic heterocycles. The smallest absolute Gasteiger partial charge is 1.00 e. The standard InChI is InChI=1S/2C3H7O.Al.H/c2*1-3(2)4;;/h2*3H,1-2H3;;/q2*-1;+3;-1. The minimum atomic E-state index is -0.245. The Morgan fingerprint density at radius 3 is 1.56 bits per heavy atom. The average molecular weight is 146 g/mol. The van der Waals surface area contributed by atoms with E-state index in [0.717, 1.165) is 0 Å². The van der Waals surface area contributed by atoms with Crippen LogP contribution in [0.15, 0.2) is 0 Å². The number of hydrogen-bond donors (Lipinski definition) is 0. The van der Waals surface area contributed by atoms with Gasteiger partial charge in [0, 0.05) is 0 Å². The molecule has 0 aliphatic carbocycles. The van der Waals surface area contributed by atoms with Crippen LogP contribution in [0.3, 0.4) is 0 Å². The maximum absolute atomic E-state index is 5.21. The third-order valence-electron chi connectivity index (χ3n) is 0.655. The Balaban J connectivity index is 0. The van der Waals surface area contributed by atoms with Crippen molar-refractivity contribution in [2.45, 2.75) is 39.9 Å². The van der Waals surface area contributed by atoms with Crippen LogP contribution in [-0.4, -0.2) is 28.1 Å². The van der Waals surface area contributed by atoms with Crippen LogP contribution in [0.25, 0.3) is 0 Å². The minimum Gasteiger partial charge on any atom is -1.00 e. The molecular weight excluding hydrogens is 131 g/mol. The average Bonchev–Trinajstić information content (AvgIpc) is 1.63. The molecule has 3 heteroatoms. The van der Waals surface area contributed by atoms with Crippen molar-refractivity contribution in [3.8, 4) is 0 Å². The zero-order valence-electron chi connectivity index (χ0n) is 7.55. The van der Waals surface area contributed by atoms with Crippen LogP contribution in [0.5, 0.6) is 0 Å². The normalized spacial score (nSPS) is 10.4. The fraction of sp³-hybridized carbons (Fsp3) is 1.00. The van der Waals surface area contributed by atoms with E-state index >= 15 is 0 Å². The molecule has 0 N–H and O–H groups in total. The summed E-state index contributed by atoms with van der Waals surface area (Å²) in [6.07, 6.45) is 0.609. The van der Waals surface area contributed by atoms with E-state index in [-0.39, 0.29) is 17.3 Å². The van der Waals surface area contributed by atoms with Gasteiger partial charge >= 0.3 is 63.4 Å². The predicted molar refractivity (Wildman–Crippen MR) is 39.3 cm³/mol. The molecule has 0 amide bonds. The summed E-state index contributed by atoms with van der Waals surface area (Å²) < 4.78 is 10.4. The van der Waals surface area contributed by atoms with E-state index in [1.165, 1.54) is 0 Å². The Labute approximate surface area is 65.4 Å². The third-order valence-corrected chi connectivity index (χ3v) is 1.97. The molecule has 54 valence electrons. The summed E-state index contributed by atoms with van der Waals surface area (Å²) in [7, 11) is 0. The van der Waals surface area contributed by atoms with Crippen molar-refractivity contribution in [1.29, 1.82) is 0 Å². The van der Waals surface area contributed by atoms with Gasteiger partial charge in [-0.15, -0.1) is 0 Å². The zero-order chi connectivity index (χ0) is 7.28. The molecule has 0 saturated carbocycles. The van der Waals surface area contributed by atoms with Crippen LogP contribution < -0.4 is 0 Å². The van der Waals surface area contributed by atoms with Crippen LogP contribution in [0, 0.1) is 0 Å². The Hall–Kier alpha value is 0.452. The van der Waals surface area contributed by atoms with Gasteiger partial charge in [0.1, 0.15) is 0 Å². The first-order valence-electron chi connectivity index (χ1n) is 3.25. The topological polar surface area (TPSA) is 18.5 Å². The second-order valence-electron chi connectivity index (χ2n) is 2.47. The molecular formula is C6H15AlO2. The van der Waals surface area contributed by atoms with Gasteiger partial charge in [-0.05, 0) is 0 Å². The van der Waals surface area contributed by atoms with Crippen molar-refractivity contribution in [1.82, 2.24) is 0 Å². The molecule has 0 aromatic rings. The van der Waals surface area contributed by atoms with Crippen LogP contribution in [0.4, 0.5) is 0 Å². The van der Waals surface area contributed by atoms with E-state index in [4.69, 9.17) is 7.58 Å². The van der Waals surface area contributed by atoms with E-state index in [2.05, 4.69) is 0 Å². The van der Waals surface area contributed by atoms with Gasteiger partial charge in [0.2, 0.25) is 0 Å². The molecule has 9 heavy (non-hydrogen) atoms. The van der Waals surface area contributed by atoms with Gasteiger partial charge in [-0.25, -0.2) is 0 Å². The van der Waals surface area contributed by atoms with Gasteiger partial charge < -0.3 is 1.43 Å². The predicted octanol–water partition coefficient (Wildman–Crippen LogP) is 1.48.